The molecule has 0 saturated carbocycles. The fraction of sp³-hybridized carbons (Fsp3) is 0.0690. The highest BCUT2D eigenvalue weighted by atomic mass is 16.1. The number of hydrogen-bond acceptors (Lipinski definition) is 6. The number of fused-ring (bicyclic) bond motifs is 1. The van der Waals surface area contributed by atoms with E-state index in [0.717, 1.165) is 39.3 Å². The lowest BCUT2D eigenvalue weighted by Crippen LogP contribution is -2.12. The topological polar surface area (TPSA) is 82.2 Å². The number of nitrogens with one attached hydrogen (secondary N) is 3. The maximum Gasteiger partial charge on any atom is 0.255 e. The molecule has 1 amide bonds. The highest BCUT2D eigenvalue weighted by molar-refractivity contribution is 6.05. The van der Waals surface area contributed by atoms with Gasteiger partial charge in [-0.15, -0.1) is 0 Å². The Hall–Kier alpha value is -4.91. The van der Waals surface area contributed by atoms with Gasteiger partial charge < -0.3 is 20.9 Å². The molecule has 0 fully saturated rings. The number of rotatable bonds is 7. The normalized spacial score (nSPS) is 10.6. The minimum Gasteiger partial charge on any atom is -0.378 e. The van der Waals surface area contributed by atoms with Crippen LogP contribution in [0.4, 0.5) is 34.1 Å². The van der Waals surface area contributed by atoms with E-state index in [-0.39, 0.29) is 5.91 Å². The summed E-state index contributed by atoms with van der Waals surface area (Å²) in [6, 6.07) is 26.9. The summed E-state index contributed by atoms with van der Waals surface area (Å²) in [4.78, 5) is 23.6. The molecule has 0 aliphatic carbocycles. The monoisotopic (exact) mass is 474 g/mol. The van der Waals surface area contributed by atoms with Crippen molar-refractivity contribution in [3.8, 4) is 0 Å². The second-order valence-electron chi connectivity index (χ2n) is 8.56. The molecule has 3 aromatic carbocycles. The molecule has 5 aromatic rings. The van der Waals surface area contributed by atoms with Crippen molar-refractivity contribution in [2.75, 3.05) is 34.9 Å². The third-order valence-corrected chi connectivity index (χ3v) is 5.73. The van der Waals surface area contributed by atoms with Crippen LogP contribution in [0.1, 0.15) is 10.4 Å². The number of carbonyl (C=O) groups excluding carboxylic acids is 1. The van der Waals surface area contributed by atoms with E-state index in [4.69, 9.17) is 0 Å². The van der Waals surface area contributed by atoms with Gasteiger partial charge in [0.2, 0.25) is 0 Å². The zero-order valence-corrected chi connectivity index (χ0v) is 20.1. The Morgan fingerprint density at radius 3 is 2.28 bits per heavy atom. The molecule has 7 nitrogen and oxygen atoms in total. The Kier molecular flexibility index (Phi) is 6.44. The van der Waals surface area contributed by atoms with Crippen molar-refractivity contribution in [1.29, 1.82) is 0 Å². The van der Waals surface area contributed by atoms with Crippen molar-refractivity contribution in [3.63, 3.8) is 0 Å². The molecule has 0 unspecified atom stereocenters. The Morgan fingerprint density at radius 1 is 0.722 bits per heavy atom. The molecule has 0 atom stereocenters. The van der Waals surface area contributed by atoms with Gasteiger partial charge in [0.05, 0.1) is 5.52 Å². The number of nitrogens with zero attached hydrogens (tertiary/aromatic N) is 3. The van der Waals surface area contributed by atoms with Crippen molar-refractivity contribution in [3.05, 3.63) is 109 Å². The van der Waals surface area contributed by atoms with Crippen LogP contribution in [0.15, 0.2) is 104 Å². The summed E-state index contributed by atoms with van der Waals surface area (Å²) in [7, 11) is 4.02. The summed E-state index contributed by atoms with van der Waals surface area (Å²) in [5.41, 5.74) is 6.79. The Balaban J connectivity index is 1.33. The number of carbonyl (C=O) groups is 1. The zero-order chi connectivity index (χ0) is 24.9. The molecular weight excluding hydrogens is 448 g/mol. The van der Waals surface area contributed by atoms with Gasteiger partial charge in [-0.2, -0.15) is 0 Å². The number of hydrogen-bond donors (Lipinski definition) is 3. The highest BCUT2D eigenvalue weighted by Crippen LogP contribution is 2.29. The fourth-order valence-electron chi connectivity index (χ4n) is 3.89. The van der Waals surface area contributed by atoms with Crippen LogP contribution >= 0.6 is 0 Å². The van der Waals surface area contributed by atoms with Crippen molar-refractivity contribution in [2.24, 2.45) is 0 Å². The molecular formula is C29H26N6O. The molecule has 3 N–H and O–H groups in total. The van der Waals surface area contributed by atoms with Crippen molar-refractivity contribution in [1.82, 2.24) is 9.97 Å². The van der Waals surface area contributed by atoms with Crippen molar-refractivity contribution >= 4 is 50.9 Å². The molecule has 2 aromatic heterocycles. The molecule has 0 radical (unpaired) electrons. The second kappa shape index (κ2) is 10.1. The minimum absolute atomic E-state index is 0.186. The van der Waals surface area contributed by atoms with Gasteiger partial charge in [0.15, 0.2) is 0 Å². The van der Waals surface area contributed by atoms with Gasteiger partial charge in [0.1, 0.15) is 0 Å². The molecule has 2 heterocycles. The third kappa shape index (κ3) is 5.26. The number of benzene rings is 3. The zero-order valence-electron chi connectivity index (χ0n) is 20.1. The van der Waals surface area contributed by atoms with E-state index in [1.54, 1.807) is 24.7 Å². The van der Waals surface area contributed by atoms with E-state index in [9.17, 15) is 4.79 Å². The Morgan fingerprint density at radius 2 is 1.47 bits per heavy atom. The number of anilines is 6. The predicted octanol–water partition coefficient (Wildman–Crippen LogP) is 6.44. The van der Waals surface area contributed by atoms with Gasteiger partial charge in [-0.25, -0.2) is 0 Å². The average molecular weight is 475 g/mol. The van der Waals surface area contributed by atoms with E-state index < -0.39 is 0 Å². The maximum atomic E-state index is 13.0. The molecule has 0 spiro atoms. The van der Waals surface area contributed by atoms with E-state index in [2.05, 4.69) is 36.9 Å². The van der Waals surface area contributed by atoms with Gasteiger partial charge >= 0.3 is 0 Å². The molecule has 0 bridgehead atoms. The van der Waals surface area contributed by atoms with Gasteiger partial charge in [0, 0.05) is 77.8 Å². The smallest absolute Gasteiger partial charge is 0.255 e. The van der Waals surface area contributed by atoms with E-state index in [1.165, 1.54) is 0 Å². The molecule has 0 saturated heterocycles. The summed E-state index contributed by atoms with van der Waals surface area (Å²) in [6.07, 6.45) is 5.24. The molecule has 36 heavy (non-hydrogen) atoms. The van der Waals surface area contributed by atoms with Crippen LogP contribution in [0, 0.1) is 0 Å². The van der Waals surface area contributed by atoms with Crippen LogP contribution < -0.4 is 20.9 Å². The molecule has 178 valence electrons. The van der Waals surface area contributed by atoms with E-state index in [0.29, 0.717) is 11.3 Å². The summed E-state index contributed by atoms with van der Waals surface area (Å²) in [6.45, 7) is 0. The van der Waals surface area contributed by atoms with E-state index >= 15 is 0 Å². The fourth-order valence-corrected chi connectivity index (χ4v) is 3.89. The molecule has 0 aliphatic rings. The largest absolute Gasteiger partial charge is 0.378 e. The maximum absolute atomic E-state index is 13.0. The SMILES string of the molecule is CN(C)c1ccc2nccc(Nc3cccc(C(=O)Nc4cccc(Nc5ccncc5)c4)c3)c2c1. The first-order valence-electron chi connectivity index (χ1n) is 11.6. The number of amides is 1. The number of aromatic nitrogens is 2. The average Bonchev–Trinajstić information content (AvgIpc) is 2.89. The van der Waals surface area contributed by atoms with Crippen LogP contribution in [-0.2, 0) is 0 Å². The van der Waals surface area contributed by atoms with Crippen LogP contribution in [0.25, 0.3) is 10.9 Å². The van der Waals surface area contributed by atoms with Crippen LogP contribution in [0.5, 0.6) is 0 Å². The van der Waals surface area contributed by atoms with Crippen LogP contribution in [0.2, 0.25) is 0 Å². The van der Waals surface area contributed by atoms with Gasteiger partial charge in [-0.3, -0.25) is 14.8 Å². The summed E-state index contributed by atoms with van der Waals surface area (Å²) in [5, 5.41) is 10.8. The first kappa shape index (κ1) is 22.9. The minimum atomic E-state index is -0.186. The lowest BCUT2D eigenvalue weighted by molar-refractivity contribution is 0.102. The lowest BCUT2D eigenvalue weighted by atomic mass is 10.1. The standard InChI is InChI=1S/C29H26N6O/c1-35(2)25-9-10-27-26(19-25)28(13-16-31-27)33-22-6-3-5-20(17-22)29(36)34-24-8-4-7-23(18-24)32-21-11-14-30-15-12-21/h3-19H,1-2H3,(H,30,32)(H,31,33)(H,34,36). The van der Waals surface area contributed by atoms with Gasteiger partial charge in [0.25, 0.3) is 5.91 Å². The molecule has 7 heteroatoms. The second-order valence-corrected chi connectivity index (χ2v) is 8.56. The summed E-state index contributed by atoms with van der Waals surface area (Å²) in [5.74, 6) is -0.186. The van der Waals surface area contributed by atoms with Crippen molar-refractivity contribution < 1.29 is 4.79 Å². The summed E-state index contributed by atoms with van der Waals surface area (Å²) < 4.78 is 0. The van der Waals surface area contributed by atoms with Crippen molar-refractivity contribution in [2.45, 2.75) is 0 Å². The molecule has 5 rings (SSSR count). The Bertz CT molecular complexity index is 1520. The first-order chi connectivity index (χ1) is 17.5. The molecule has 0 aliphatic heterocycles. The highest BCUT2D eigenvalue weighted by Gasteiger charge is 2.10. The summed E-state index contributed by atoms with van der Waals surface area (Å²) >= 11 is 0. The quantitative estimate of drug-likeness (QED) is 0.252. The third-order valence-electron chi connectivity index (χ3n) is 5.73. The predicted molar refractivity (Wildman–Crippen MR) is 148 cm³/mol. The van der Waals surface area contributed by atoms with Gasteiger partial charge in [-0.05, 0) is 72.8 Å². The first-order valence-corrected chi connectivity index (χ1v) is 11.6. The van der Waals surface area contributed by atoms with Crippen LogP contribution in [0.3, 0.4) is 0 Å². The number of pyridine rings is 2. The van der Waals surface area contributed by atoms with Gasteiger partial charge in [-0.1, -0.05) is 12.1 Å². The van der Waals surface area contributed by atoms with Crippen LogP contribution in [-0.4, -0.2) is 30.0 Å². The Labute approximate surface area is 209 Å². The lowest BCUT2D eigenvalue weighted by Gasteiger charge is -2.15. The van der Waals surface area contributed by atoms with E-state index in [1.807, 2.05) is 86.9 Å².